The average molecular weight is 410 g/mol. The lowest BCUT2D eigenvalue weighted by Crippen LogP contribution is -2.21. The van der Waals surface area contributed by atoms with Crippen LogP contribution in [0.2, 0.25) is 0 Å². The maximum Gasteiger partial charge on any atom is 0.331 e. The van der Waals surface area contributed by atoms with Crippen LogP contribution in [0.4, 0.5) is 5.82 Å². The molecule has 3 rings (SSSR count). The van der Waals surface area contributed by atoms with E-state index in [4.69, 9.17) is 4.74 Å². The van der Waals surface area contributed by atoms with Crippen molar-refractivity contribution in [2.45, 2.75) is 26.2 Å². The van der Waals surface area contributed by atoms with Crippen molar-refractivity contribution >= 4 is 35.1 Å². The summed E-state index contributed by atoms with van der Waals surface area (Å²) in [6.07, 6.45) is 2.96. The number of nitrogens with zero attached hydrogens (tertiary/aromatic N) is 2. The van der Waals surface area contributed by atoms with Gasteiger partial charge in [-0.3, -0.25) is 4.79 Å². The largest absolute Gasteiger partial charge is 0.452 e. The van der Waals surface area contributed by atoms with Gasteiger partial charge in [-0.1, -0.05) is 39.0 Å². The summed E-state index contributed by atoms with van der Waals surface area (Å²) >= 11 is 1.54. The Morgan fingerprint density at radius 2 is 1.97 bits per heavy atom. The number of amides is 1. The van der Waals surface area contributed by atoms with Gasteiger partial charge in [0.2, 0.25) is 0 Å². The molecule has 7 heteroatoms. The minimum atomic E-state index is -0.571. The normalized spacial score (nSPS) is 11.6. The smallest absolute Gasteiger partial charge is 0.331 e. The van der Waals surface area contributed by atoms with E-state index in [9.17, 15) is 9.59 Å². The van der Waals surface area contributed by atoms with Gasteiger partial charge in [0.1, 0.15) is 5.82 Å². The van der Waals surface area contributed by atoms with Crippen LogP contribution in [0.1, 0.15) is 32.0 Å². The monoisotopic (exact) mass is 409 g/mol. The van der Waals surface area contributed by atoms with E-state index >= 15 is 0 Å². The molecule has 0 atom stereocenters. The third-order valence-corrected chi connectivity index (χ3v) is 4.75. The molecule has 6 nitrogen and oxygen atoms in total. The lowest BCUT2D eigenvalue weighted by molar-refractivity contribution is -0.142. The van der Waals surface area contributed by atoms with E-state index in [2.05, 4.69) is 31.2 Å². The summed E-state index contributed by atoms with van der Waals surface area (Å²) < 4.78 is 6.71. The SMILES string of the molecule is CC(C)(C)c1cc(NC(=O)COC(=O)/C=C/c2ccsc2)n(-c2ccccc2)n1. The van der Waals surface area contributed by atoms with Crippen LogP contribution in [-0.4, -0.2) is 28.3 Å². The summed E-state index contributed by atoms with van der Waals surface area (Å²) in [7, 11) is 0. The van der Waals surface area contributed by atoms with Gasteiger partial charge in [-0.05, 0) is 40.6 Å². The van der Waals surface area contributed by atoms with Crippen molar-refractivity contribution in [1.82, 2.24) is 9.78 Å². The van der Waals surface area contributed by atoms with Crippen molar-refractivity contribution in [2.24, 2.45) is 0 Å². The number of aromatic nitrogens is 2. The quantitative estimate of drug-likeness (QED) is 0.483. The minimum absolute atomic E-state index is 0.182. The zero-order valence-electron chi connectivity index (χ0n) is 16.6. The molecule has 0 aliphatic rings. The molecule has 0 fully saturated rings. The number of hydrogen-bond acceptors (Lipinski definition) is 5. The summed E-state index contributed by atoms with van der Waals surface area (Å²) in [5.41, 5.74) is 2.40. The van der Waals surface area contributed by atoms with Crippen molar-refractivity contribution < 1.29 is 14.3 Å². The Labute approximate surface area is 173 Å². The molecule has 0 radical (unpaired) electrons. The molecule has 2 aromatic heterocycles. The topological polar surface area (TPSA) is 73.2 Å². The number of nitrogens with one attached hydrogen (secondary N) is 1. The summed E-state index contributed by atoms with van der Waals surface area (Å²) in [5, 5.41) is 11.3. The fourth-order valence-corrected chi connectivity index (χ4v) is 3.13. The van der Waals surface area contributed by atoms with Gasteiger partial charge in [0, 0.05) is 17.6 Å². The summed E-state index contributed by atoms with van der Waals surface area (Å²) in [4.78, 5) is 24.2. The molecule has 150 valence electrons. The molecule has 2 heterocycles. The highest BCUT2D eigenvalue weighted by Crippen LogP contribution is 2.26. The maximum absolute atomic E-state index is 12.3. The van der Waals surface area contributed by atoms with Gasteiger partial charge in [0.15, 0.2) is 6.61 Å². The molecule has 0 bridgehead atoms. The molecule has 1 aromatic carbocycles. The average Bonchev–Trinajstić information content (AvgIpc) is 3.35. The number of esters is 1. The van der Waals surface area contributed by atoms with Crippen LogP contribution in [-0.2, 0) is 19.7 Å². The molecule has 29 heavy (non-hydrogen) atoms. The van der Waals surface area contributed by atoms with E-state index in [1.165, 1.54) is 17.4 Å². The number of anilines is 1. The van der Waals surface area contributed by atoms with Crippen LogP contribution in [0.5, 0.6) is 0 Å². The number of para-hydroxylation sites is 1. The predicted molar refractivity (Wildman–Crippen MR) is 115 cm³/mol. The second kappa shape index (κ2) is 8.87. The van der Waals surface area contributed by atoms with E-state index in [0.717, 1.165) is 16.9 Å². The number of thiophene rings is 1. The van der Waals surface area contributed by atoms with Crippen LogP contribution in [0, 0.1) is 0 Å². The number of benzene rings is 1. The number of carbonyl (C=O) groups is 2. The lowest BCUT2D eigenvalue weighted by Gasteiger charge is -2.14. The number of carbonyl (C=O) groups excluding carboxylic acids is 2. The van der Waals surface area contributed by atoms with Gasteiger partial charge in [-0.15, -0.1) is 0 Å². The molecule has 3 aromatic rings. The highest BCUT2D eigenvalue weighted by Gasteiger charge is 2.21. The van der Waals surface area contributed by atoms with Crippen molar-refractivity contribution in [3.63, 3.8) is 0 Å². The highest BCUT2D eigenvalue weighted by atomic mass is 32.1. The third kappa shape index (κ3) is 5.65. The zero-order chi connectivity index (χ0) is 20.9. The third-order valence-electron chi connectivity index (χ3n) is 4.05. The first kappa shape index (κ1) is 20.5. The minimum Gasteiger partial charge on any atom is -0.452 e. The molecule has 1 N–H and O–H groups in total. The van der Waals surface area contributed by atoms with E-state index in [0.29, 0.717) is 5.82 Å². The van der Waals surface area contributed by atoms with E-state index in [1.54, 1.807) is 10.8 Å². The molecular formula is C22H23N3O3S. The molecule has 0 saturated carbocycles. The Bertz CT molecular complexity index is 1000. The van der Waals surface area contributed by atoms with Crippen LogP contribution >= 0.6 is 11.3 Å². The summed E-state index contributed by atoms with van der Waals surface area (Å²) in [6.45, 7) is 5.78. The fraction of sp³-hybridized carbons (Fsp3) is 0.227. The Balaban J connectivity index is 1.67. The standard InChI is InChI=1S/C22H23N3O3S/c1-22(2,3)18-13-19(25(24-18)17-7-5-4-6-8-17)23-20(26)14-28-21(27)10-9-16-11-12-29-15-16/h4-13,15H,14H2,1-3H3,(H,23,26)/b10-9+. The number of ether oxygens (including phenoxy) is 1. The maximum atomic E-state index is 12.3. The molecule has 0 spiro atoms. The Hall–Kier alpha value is -3.19. The molecule has 0 saturated heterocycles. The zero-order valence-corrected chi connectivity index (χ0v) is 17.4. The predicted octanol–water partition coefficient (Wildman–Crippen LogP) is 4.43. The van der Waals surface area contributed by atoms with Crippen molar-refractivity contribution in [3.05, 3.63) is 70.6 Å². The van der Waals surface area contributed by atoms with Crippen molar-refractivity contribution in [2.75, 3.05) is 11.9 Å². The second-order valence-electron chi connectivity index (χ2n) is 7.46. The van der Waals surface area contributed by atoms with Gasteiger partial charge in [0.05, 0.1) is 11.4 Å². The van der Waals surface area contributed by atoms with Crippen molar-refractivity contribution in [1.29, 1.82) is 0 Å². The van der Waals surface area contributed by atoms with Gasteiger partial charge in [0.25, 0.3) is 5.91 Å². The first-order valence-electron chi connectivity index (χ1n) is 9.16. The van der Waals surface area contributed by atoms with Crippen molar-refractivity contribution in [3.8, 4) is 5.69 Å². The molecule has 0 unspecified atom stereocenters. The van der Waals surface area contributed by atoms with Gasteiger partial charge >= 0.3 is 5.97 Å². The molecular weight excluding hydrogens is 386 g/mol. The Morgan fingerprint density at radius 1 is 1.21 bits per heavy atom. The molecule has 0 aliphatic carbocycles. The fourth-order valence-electron chi connectivity index (χ4n) is 2.50. The lowest BCUT2D eigenvalue weighted by atomic mass is 9.92. The van der Waals surface area contributed by atoms with Gasteiger partial charge in [-0.25, -0.2) is 9.48 Å². The van der Waals surface area contributed by atoms with Crippen LogP contribution < -0.4 is 5.32 Å². The summed E-state index contributed by atoms with van der Waals surface area (Å²) in [5.74, 6) is -0.478. The molecule has 0 aliphatic heterocycles. The Kier molecular flexibility index (Phi) is 6.29. The Morgan fingerprint density at radius 3 is 2.62 bits per heavy atom. The first-order chi connectivity index (χ1) is 13.8. The van der Waals surface area contributed by atoms with Crippen LogP contribution in [0.15, 0.2) is 59.3 Å². The van der Waals surface area contributed by atoms with E-state index in [1.807, 2.05) is 53.2 Å². The highest BCUT2D eigenvalue weighted by molar-refractivity contribution is 7.08. The summed E-state index contributed by atoms with van der Waals surface area (Å²) in [6, 6.07) is 13.3. The van der Waals surface area contributed by atoms with Gasteiger partial charge < -0.3 is 10.1 Å². The number of rotatable bonds is 6. The number of hydrogen-bond donors (Lipinski definition) is 1. The van der Waals surface area contributed by atoms with E-state index in [-0.39, 0.29) is 12.0 Å². The van der Waals surface area contributed by atoms with Gasteiger partial charge in [-0.2, -0.15) is 16.4 Å². The van der Waals surface area contributed by atoms with Crippen LogP contribution in [0.25, 0.3) is 11.8 Å². The van der Waals surface area contributed by atoms with E-state index < -0.39 is 11.9 Å². The molecule has 1 amide bonds. The first-order valence-corrected chi connectivity index (χ1v) is 10.1. The second-order valence-corrected chi connectivity index (χ2v) is 8.24. The van der Waals surface area contributed by atoms with Crippen LogP contribution in [0.3, 0.4) is 0 Å².